The number of fused-ring (bicyclic) bond motifs is 2. The molecule has 4 aromatic rings. The Morgan fingerprint density at radius 2 is 1.97 bits per heavy atom. The van der Waals surface area contributed by atoms with E-state index in [9.17, 15) is 20.0 Å². The molecule has 0 bridgehead atoms. The molecular weight excluding hydrogens is 392 g/mol. The Morgan fingerprint density at radius 1 is 1.17 bits per heavy atom. The van der Waals surface area contributed by atoms with Crippen molar-refractivity contribution >= 4 is 17.3 Å². The summed E-state index contributed by atoms with van der Waals surface area (Å²) >= 11 is 0. The van der Waals surface area contributed by atoms with Gasteiger partial charge in [0.15, 0.2) is 0 Å². The number of benzene rings is 2. The Morgan fingerprint density at radius 3 is 2.73 bits per heavy atom. The molecule has 2 aromatic carbocycles. The third-order valence-corrected chi connectivity index (χ3v) is 4.81. The molecule has 1 aliphatic heterocycles. The molecule has 30 heavy (non-hydrogen) atoms. The van der Waals surface area contributed by atoms with Gasteiger partial charge in [0.2, 0.25) is 5.95 Å². The Kier molecular flexibility index (Phi) is 3.78. The van der Waals surface area contributed by atoms with E-state index in [0.29, 0.717) is 22.4 Å². The van der Waals surface area contributed by atoms with Crippen LogP contribution in [0.5, 0.6) is 5.75 Å². The monoisotopic (exact) mass is 404 g/mol. The van der Waals surface area contributed by atoms with Gasteiger partial charge in [0.1, 0.15) is 17.5 Å². The van der Waals surface area contributed by atoms with Crippen LogP contribution in [0.2, 0.25) is 0 Å². The SMILES string of the molecule is O=c1[nH]nc(-c2cccc([N+](=O)[O-])c2)c2c1Nc1nnnn1[C@@H]2c1ccc(O)cc1. The van der Waals surface area contributed by atoms with Crippen molar-refractivity contribution in [2.75, 3.05) is 5.32 Å². The smallest absolute Gasteiger partial charge is 0.288 e. The van der Waals surface area contributed by atoms with E-state index in [1.54, 1.807) is 24.3 Å². The predicted octanol–water partition coefficient (Wildman–Crippen LogP) is 1.73. The molecule has 0 saturated heterocycles. The van der Waals surface area contributed by atoms with Gasteiger partial charge >= 0.3 is 0 Å². The zero-order chi connectivity index (χ0) is 20.8. The second-order valence-electron chi connectivity index (χ2n) is 6.56. The van der Waals surface area contributed by atoms with Crippen LogP contribution in [0.1, 0.15) is 17.2 Å². The third-order valence-electron chi connectivity index (χ3n) is 4.81. The summed E-state index contributed by atoms with van der Waals surface area (Å²) < 4.78 is 1.48. The molecule has 148 valence electrons. The average molecular weight is 404 g/mol. The molecule has 12 nitrogen and oxygen atoms in total. The highest BCUT2D eigenvalue weighted by atomic mass is 16.6. The van der Waals surface area contributed by atoms with Crippen molar-refractivity contribution in [2.24, 2.45) is 0 Å². The van der Waals surface area contributed by atoms with E-state index < -0.39 is 16.5 Å². The van der Waals surface area contributed by atoms with Gasteiger partial charge in [0.05, 0.1) is 10.6 Å². The van der Waals surface area contributed by atoms with Gasteiger partial charge in [-0.25, -0.2) is 5.10 Å². The minimum absolute atomic E-state index is 0.0767. The second-order valence-corrected chi connectivity index (χ2v) is 6.56. The van der Waals surface area contributed by atoms with E-state index in [4.69, 9.17) is 0 Å². The van der Waals surface area contributed by atoms with Gasteiger partial charge in [-0.2, -0.15) is 9.78 Å². The van der Waals surface area contributed by atoms with E-state index in [1.165, 1.54) is 28.9 Å². The first-order chi connectivity index (χ1) is 14.5. The average Bonchev–Trinajstić information content (AvgIpc) is 3.22. The first-order valence-corrected chi connectivity index (χ1v) is 8.74. The molecule has 12 heteroatoms. The minimum atomic E-state index is -0.657. The van der Waals surface area contributed by atoms with Crippen molar-refractivity contribution in [1.29, 1.82) is 0 Å². The van der Waals surface area contributed by atoms with E-state index in [0.717, 1.165) is 0 Å². The van der Waals surface area contributed by atoms with Gasteiger partial charge < -0.3 is 10.4 Å². The van der Waals surface area contributed by atoms with Crippen LogP contribution in [-0.2, 0) is 0 Å². The molecule has 0 saturated carbocycles. The first kappa shape index (κ1) is 17.5. The molecule has 2 aromatic heterocycles. The van der Waals surface area contributed by atoms with Gasteiger partial charge in [0, 0.05) is 23.3 Å². The Bertz CT molecular complexity index is 1350. The number of nitrogens with zero attached hydrogens (tertiary/aromatic N) is 6. The molecule has 0 fully saturated rings. The maximum absolute atomic E-state index is 12.6. The van der Waals surface area contributed by atoms with Gasteiger partial charge in [-0.1, -0.05) is 29.4 Å². The fourth-order valence-corrected chi connectivity index (χ4v) is 3.49. The lowest BCUT2D eigenvalue weighted by molar-refractivity contribution is -0.384. The maximum Gasteiger partial charge on any atom is 0.288 e. The summed E-state index contributed by atoms with van der Waals surface area (Å²) in [4.78, 5) is 23.3. The molecule has 1 atom stereocenters. The number of tetrazole rings is 1. The quantitative estimate of drug-likeness (QED) is 0.300. The van der Waals surface area contributed by atoms with Crippen molar-refractivity contribution in [1.82, 2.24) is 30.4 Å². The van der Waals surface area contributed by atoms with E-state index in [-0.39, 0.29) is 23.1 Å². The largest absolute Gasteiger partial charge is 0.508 e. The number of nitrogens with one attached hydrogen (secondary N) is 2. The lowest BCUT2D eigenvalue weighted by atomic mass is 9.92. The van der Waals surface area contributed by atoms with E-state index in [1.807, 2.05) is 0 Å². The van der Waals surface area contributed by atoms with Gasteiger partial charge in [-0.05, 0) is 28.1 Å². The van der Waals surface area contributed by atoms with Crippen molar-refractivity contribution < 1.29 is 10.0 Å². The Labute approximate surface area is 167 Å². The number of nitro groups is 1. The topological polar surface area (TPSA) is 165 Å². The molecule has 0 spiro atoms. The van der Waals surface area contributed by atoms with Gasteiger partial charge in [-0.3, -0.25) is 14.9 Å². The molecule has 0 radical (unpaired) electrons. The summed E-state index contributed by atoms with van der Waals surface area (Å²) in [6.07, 6.45) is 0. The van der Waals surface area contributed by atoms with E-state index >= 15 is 0 Å². The summed E-state index contributed by atoms with van der Waals surface area (Å²) in [7, 11) is 0. The molecular formula is C18H12N8O4. The van der Waals surface area contributed by atoms with Crippen LogP contribution in [0.15, 0.2) is 53.3 Å². The standard InChI is InChI=1S/C18H12N8O4/c27-12-6-4-9(5-7-12)16-13-14(10-2-1-3-11(8-10)26(29)30)20-21-17(28)15(13)19-18-22-23-24-25(16)18/h1-8,16,27H,(H,21,28)(H,19,22,24)/t16-/m1/s1. The first-order valence-electron chi connectivity index (χ1n) is 8.74. The van der Waals surface area contributed by atoms with Crippen molar-refractivity contribution in [3.05, 3.63) is 80.1 Å². The summed E-state index contributed by atoms with van der Waals surface area (Å²) in [5, 5.41) is 42.0. The molecule has 3 heterocycles. The lowest BCUT2D eigenvalue weighted by Gasteiger charge is -2.27. The van der Waals surface area contributed by atoms with E-state index in [2.05, 4.69) is 31.0 Å². The third kappa shape index (κ3) is 2.66. The van der Waals surface area contributed by atoms with Crippen LogP contribution >= 0.6 is 0 Å². The van der Waals surface area contributed by atoms with Crippen LogP contribution in [0.4, 0.5) is 17.3 Å². The number of hydrogen-bond donors (Lipinski definition) is 3. The fourth-order valence-electron chi connectivity index (χ4n) is 3.49. The number of non-ortho nitro benzene ring substituents is 1. The fraction of sp³-hybridized carbons (Fsp3) is 0.0556. The number of phenolic OH excluding ortho intramolecular Hbond substituents is 1. The number of aromatic hydroxyl groups is 1. The number of anilines is 2. The molecule has 1 aliphatic rings. The van der Waals surface area contributed by atoms with Crippen LogP contribution in [0.3, 0.4) is 0 Å². The van der Waals surface area contributed by atoms with Crippen LogP contribution in [0, 0.1) is 10.1 Å². The second kappa shape index (κ2) is 6.48. The molecule has 5 rings (SSSR count). The number of aromatic amines is 1. The van der Waals surface area contributed by atoms with Gasteiger partial charge in [-0.15, -0.1) is 0 Å². The Balaban J connectivity index is 1.80. The number of phenols is 1. The molecule has 0 aliphatic carbocycles. The molecule has 0 unspecified atom stereocenters. The highest BCUT2D eigenvalue weighted by Gasteiger charge is 2.34. The van der Waals surface area contributed by atoms with Crippen molar-refractivity contribution in [3.63, 3.8) is 0 Å². The van der Waals surface area contributed by atoms with Crippen LogP contribution in [-0.4, -0.2) is 40.4 Å². The maximum atomic E-state index is 12.6. The summed E-state index contributed by atoms with van der Waals surface area (Å²) in [6, 6.07) is 11.7. The van der Waals surface area contributed by atoms with Gasteiger partial charge in [0.25, 0.3) is 11.2 Å². The number of hydrogen-bond acceptors (Lipinski definition) is 9. The number of rotatable bonds is 3. The molecule has 3 N–H and O–H groups in total. The highest BCUT2D eigenvalue weighted by molar-refractivity contribution is 5.76. The lowest BCUT2D eigenvalue weighted by Crippen LogP contribution is -2.29. The normalized spacial score (nSPS) is 14.5. The Hall–Kier alpha value is -4.61. The minimum Gasteiger partial charge on any atom is -0.508 e. The number of H-pyrrole nitrogens is 1. The summed E-state index contributed by atoms with van der Waals surface area (Å²) in [5.74, 6) is 0.329. The van der Waals surface area contributed by atoms with Crippen molar-refractivity contribution in [3.8, 4) is 17.0 Å². The number of aromatic nitrogens is 6. The van der Waals surface area contributed by atoms with Crippen molar-refractivity contribution in [2.45, 2.75) is 6.04 Å². The highest BCUT2D eigenvalue weighted by Crippen LogP contribution is 2.41. The van der Waals surface area contributed by atoms with Crippen LogP contribution < -0.4 is 10.9 Å². The molecule has 0 amide bonds. The predicted molar refractivity (Wildman–Crippen MR) is 103 cm³/mol. The summed E-state index contributed by atoms with van der Waals surface area (Å²) in [6.45, 7) is 0. The van der Waals surface area contributed by atoms with Crippen LogP contribution in [0.25, 0.3) is 11.3 Å². The zero-order valence-electron chi connectivity index (χ0n) is 15.1. The zero-order valence-corrected chi connectivity index (χ0v) is 15.1. The number of nitro benzene ring substituents is 1. The summed E-state index contributed by atoms with van der Waals surface area (Å²) in [5.41, 5.74) is 1.50.